The normalized spacial score (nSPS) is 10.8. The van der Waals surface area contributed by atoms with Crippen LogP contribution in [0.15, 0.2) is 24.4 Å². The van der Waals surface area contributed by atoms with Crippen molar-refractivity contribution >= 4 is 11.6 Å². The third-order valence-electron chi connectivity index (χ3n) is 2.29. The molecule has 0 aliphatic rings. The van der Waals surface area contributed by atoms with E-state index in [1.54, 1.807) is 12.3 Å². The van der Waals surface area contributed by atoms with Gasteiger partial charge in [-0.05, 0) is 37.6 Å². The van der Waals surface area contributed by atoms with E-state index in [1.165, 1.54) is 16.8 Å². The second-order valence-corrected chi connectivity index (χ2v) is 4.11. The van der Waals surface area contributed by atoms with Gasteiger partial charge in [0.25, 0.3) is 0 Å². The van der Waals surface area contributed by atoms with Crippen LogP contribution < -0.4 is 5.73 Å². The molecule has 1 heterocycles. The fraction of sp³-hybridized carbons (Fsp3) is 0.273. The standard InChI is InChI=1S/C11H12ClFN4/c12-8-4-9(13)6-11(5-8)17-7-10(15-16-17)2-1-3-14/h4-7H,1-3,14H2. The van der Waals surface area contributed by atoms with E-state index in [1.807, 2.05) is 0 Å². The van der Waals surface area contributed by atoms with Crippen molar-refractivity contribution in [1.82, 2.24) is 15.0 Å². The molecule has 0 aliphatic carbocycles. The Labute approximate surface area is 103 Å². The molecule has 0 aliphatic heterocycles. The van der Waals surface area contributed by atoms with Gasteiger partial charge in [0, 0.05) is 5.02 Å². The van der Waals surface area contributed by atoms with Crippen molar-refractivity contribution in [3.05, 3.63) is 40.9 Å². The van der Waals surface area contributed by atoms with E-state index >= 15 is 0 Å². The van der Waals surface area contributed by atoms with Gasteiger partial charge in [-0.15, -0.1) is 5.10 Å². The average molecular weight is 255 g/mol. The number of nitrogens with two attached hydrogens (primary N) is 1. The first-order valence-electron chi connectivity index (χ1n) is 5.27. The topological polar surface area (TPSA) is 56.7 Å². The summed E-state index contributed by atoms with van der Waals surface area (Å²) in [4.78, 5) is 0. The van der Waals surface area contributed by atoms with Crippen LogP contribution in [0.3, 0.4) is 0 Å². The summed E-state index contributed by atoms with van der Waals surface area (Å²) in [5.74, 6) is -0.397. The van der Waals surface area contributed by atoms with Crippen LogP contribution in [0.5, 0.6) is 0 Å². The first-order valence-corrected chi connectivity index (χ1v) is 5.64. The highest BCUT2D eigenvalue weighted by molar-refractivity contribution is 6.30. The molecule has 90 valence electrons. The Morgan fingerprint density at radius 1 is 1.35 bits per heavy atom. The lowest BCUT2D eigenvalue weighted by Crippen LogP contribution is -2.00. The van der Waals surface area contributed by atoms with Crippen LogP contribution in [0, 0.1) is 5.82 Å². The van der Waals surface area contributed by atoms with Gasteiger partial charge >= 0.3 is 0 Å². The summed E-state index contributed by atoms with van der Waals surface area (Å²) in [5, 5.41) is 8.24. The lowest BCUT2D eigenvalue weighted by atomic mass is 10.2. The van der Waals surface area contributed by atoms with Gasteiger partial charge in [-0.1, -0.05) is 16.8 Å². The molecule has 2 rings (SSSR count). The van der Waals surface area contributed by atoms with Gasteiger partial charge in [0.2, 0.25) is 0 Å². The Balaban J connectivity index is 2.24. The van der Waals surface area contributed by atoms with Crippen molar-refractivity contribution in [3.8, 4) is 5.69 Å². The largest absolute Gasteiger partial charge is 0.330 e. The maximum absolute atomic E-state index is 13.2. The highest BCUT2D eigenvalue weighted by Gasteiger charge is 2.05. The summed E-state index contributed by atoms with van der Waals surface area (Å²) in [7, 11) is 0. The lowest BCUT2D eigenvalue weighted by Gasteiger charge is -2.00. The first kappa shape index (κ1) is 12.0. The molecule has 1 aromatic carbocycles. The van der Waals surface area contributed by atoms with Crippen molar-refractivity contribution < 1.29 is 4.39 Å². The van der Waals surface area contributed by atoms with Crippen LogP contribution in [0.1, 0.15) is 12.1 Å². The fourth-order valence-corrected chi connectivity index (χ4v) is 1.71. The number of aryl methyl sites for hydroxylation is 1. The number of aromatic nitrogens is 3. The van der Waals surface area contributed by atoms with Gasteiger partial charge in [0.1, 0.15) is 5.82 Å². The molecule has 0 amide bonds. The molecule has 0 radical (unpaired) electrons. The summed E-state index contributed by atoms with van der Waals surface area (Å²) >= 11 is 5.77. The number of nitrogens with zero attached hydrogens (tertiary/aromatic N) is 3. The van der Waals surface area contributed by atoms with Gasteiger partial charge in [-0.25, -0.2) is 9.07 Å². The van der Waals surface area contributed by atoms with Gasteiger partial charge in [0.05, 0.1) is 17.6 Å². The minimum atomic E-state index is -0.397. The Bertz CT molecular complexity index is 492. The monoisotopic (exact) mass is 254 g/mol. The highest BCUT2D eigenvalue weighted by atomic mass is 35.5. The fourth-order valence-electron chi connectivity index (χ4n) is 1.49. The third kappa shape index (κ3) is 3.01. The maximum Gasteiger partial charge on any atom is 0.126 e. The lowest BCUT2D eigenvalue weighted by molar-refractivity contribution is 0.625. The molecule has 17 heavy (non-hydrogen) atoms. The molecule has 0 spiro atoms. The molecule has 0 bridgehead atoms. The SMILES string of the molecule is NCCCc1cn(-c2cc(F)cc(Cl)c2)nn1. The van der Waals surface area contributed by atoms with E-state index in [-0.39, 0.29) is 0 Å². The number of halogens is 2. The Morgan fingerprint density at radius 3 is 2.88 bits per heavy atom. The van der Waals surface area contributed by atoms with Crippen molar-refractivity contribution in [3.63, 3.8) is 0 Å². The predicted molar refractivity (Wildman–Crippen MR) is 63.7 cm³/mol. The van der Waals surface area contributed by atoms with Gasteiger partial charge in [-0.3, -0.25) is 0 Å². The Hall–Kier alpha value is -1.46. The zero-order valence-corrected chi connectivity index (χ0v) is 9.86. The van der Waals surface area contributed by atoms with Crippen LogP contribution in [-0.4, -0.2) is 21.5 Å². The summed E-state index contributed by atoms with van der Waals surface area (Å²) in [6.07, 6.45) is 3.36. The molecule has 6 heteroatoms. The van der Waals surface area contributed by atoms with Crippen molar-refractivity contribution in [2.45, 2.75) is 12.8 Å². The second-order valence-electron chi connectivity index (χ2n) is 3.67. The molecule has 2 N–H and O–H groups in total. The van der Waals surface area contributed by atoms with Gasteiger partial charge < -0.3 is 5.73 Å². The zero-order chi connectivity index (χ0) is 12.3. The molecule has 0 atom stereocenters. The van der Waals surface area contributed by atoms with E-state index < -0.39 is 5.82 Å². The average Bonchev–Trinajstić information content (AvgIpc) is 2.73. The highest BCUT2D eigenvalue weighted by Crippen LogP contribution is 2.17. The Kier molecular flexibility index (Phi) is 3.71. The third-order valence-corrected chi connectivity index (χ3v) is 2.51. The Morgan fingerprint density at radius 2 is 2.18 bits per heavy atom. The van der Waals surface area contributed by atoms with E-state index in [2.05, 4.69) is 10.3 Å². The molecule has 1 aromatic heterocycles. The number of benzene rings is 1. The summed E-state index contributed by atoms with van der Waals surface area (Å²) in [6, 6.07) is 4.23. The van der Waals surface area contributed by atoms with Crippen molar-refractivity contribution in [2.75, 3.05) is 6.54 Å². The molecule has 0 saturated heterocycles. The smallest absolute Gasteiger partial charge is 0.126 e. The summed E-state index contributed by atoms with van der Waals surface area (Å²) in [6.45, 7) is 0.610. The predicted octanol–water partition coefficient (Wildman–Crippen LogP) is 1.95. The number of hydrogen-bond donors (Lipinski definition) is 1. The summed E-state index contributed by atoms with van der Waals surface area (Å²) < 4.78 is 14.7. The molecule has 0 fully saturated rings. The molecule has 0 unspecified atom stereocenters. The molecule has 0 saturated carbocycles. The quantitative estimate of drug-likeness (QED) is 0.907. The molecule has 2 aromatic rings. The van der Waals surface area contributed by atoms with E-state index in [0.717, 1.165) is 18.5 Å². The van der Waals surface area contributed by atoms with E-state index in [0.29, 0.717) is 17.3 Å². The van der Waals surface area contributed by atoms with E-state index in [9.17, 15) is 4.39 Å². The second kappa shape index (κ2) is 5.25. The van der Waals surface area contributed by atoms with Crippen LogP contribution in [0.4, 0.5) is 4.39 Å². The van der Waals surface area contributed by atoms with Gasteiger partial charge in [-0.2, -0.15) is 0 Å². The summed E-state index contributed by atoms with van der Waals surface area (Å²) in [5.41, 5.74) is 6.80. The number of hydrogen-bond acceptors (Lipinski definition) is 3. The van der Waals surface area contributed by atoms with Crippen LogP contribution in [0.2, 0.25) is 5.02 Å². The first-order chi connectivity index (χ1) is 8.19. The molecule has 4 nitrogen and oxygen atoms in total. The van der Waals surface area contributed by atoms with Crippen LogP contribution in [-0.2, 0) is 6.42 Å². The molecular weight excluding hydrogens is 243 g/mol. The van der Waals surface area contributed by atoms with Crippen LogP contribution in [0.25, 0.3) is 5.69 Å². The molecular formula is C11H12ClFN4. The zero-order valence-electron chi connectivity index (χ0n) is 9.11. The van der Waals surface area contributed by atoms with Crippen LogP contribution >= 0.6 is 11.6 Å². The maximum atomic E-state index is 13.2. The van der Waals surface area contributed by atoms with Crippen molar-refractivity contribution in [2.24, 2.45) is 5.73 Å². The number of rotatable bonds is 4. The van der Waals surface area contributed by atoms with Crippen molar-refractivity contribution in [1.29, 1.82) is 0 Å². The van der Waals surface area contributed by atoms with E-state index in [4.69, 9.17) is 17.3 Å². The van der Waals surface area contributed by atoms with Gasteiger partial charge in [0.15, 0.2) is 0 Å². The minimum Gasteiger partial charge on any atom is -0.330 e. The minimum absolute atomic E-state index is 0.332.